The second kappa shape index (κ2) is 12.6. The van der Waals surface area contributed by atoms with E-state index in [-0.39, 0.29) is 30.0 Å². The highest BCUT2D eigenvalue weighted by molar-refractivity contribution is 5.92. The van der Waals surface area contributed by atoms with Crippen LogP contribution in [0, 0.1) is 5.41 Å². The van der Waals surface area contributed by atoms with Crippen LogP contribution in [0.5, 0.6) is 0 Å². The second-order valence-corrected chi connectivity index (χ2v) is 13.6. The number of piperidine rings is 1. The lowest BCUT2D eigenvalue weighted by atomic mass is 9.83. The van der Waals surface area contributed by atoms with Gasteiger partial charge in [0, 0.05) is 54.8 Å². The summed E-state index contributed by atoms with van der Waals surface area (Å²) in [4.78, 5) is 37.3. The predicted octanol–water partition coefficient (Wildman–Crippen LogP) is 4.07. The molecular formula is C34H46N6O4. The summed E-state index contributed by atoms with van der Waals surface area (Å²) in [7, 11) is 1.70. The normalized spacial score (nSPS) is 27.1. The van der Waals surface area contributed by atoms with Gasteiger partial charge < -0.3 is 25.1 Å². The minimum Gasteiger partial charge on any atom is -0.464 e. The molecule has 6 rings (SSSR count). The number of hydrazine groups is 1. The van der Waals surface area contributed by atoms with Crippen molar-refractivity contribution in [3.8, 4) is 11.3 Å². The van der Waals surface area contributed by atoms with Gasteiger partial charge in [-0.25, -0.2) is 5.43 Å². The molecule has 4 N–H and O–H groups in total. The Bertz CT molecular complexity index is 1520. The van der Waals surface area contributed by atoms with E-state index in [0.717, 1.165) is 48.4 Å². The fraction of sp³-hybridized carbons (Fsp3) is 0.559. The number of esters is 1. The molecule has 1 aromatic carbocycles. The van der Waals surface area contributed by atoms with Crippen LogP contribution in [-0.2, 0) is 25.5 Å². The van der Waals surface area contributed by atoms with Gasteiger partial charge >= 0.3 is 5.97 Å². The number of cyclic esters (lactones) is 1. The van der Waals surface area contributed by atoms with Gasteiger partial charge in [-0.3, -0.25) is 19.6 Å². The third-order valence-electron chi connectivity index (χ3n) is 9.52. The Balaban J connectivity index is 1.44. The highest BCUT2D eigenvalue weighted by Gasteiger charge is 2.34. The Morgan fingerprint density at radius 3 is 2.77 bits per heavy atom. The predicted molar refractivity (Wildman–Crippen MR) is 170 cm³/mol. The molecule has 3 aromatic rings. The lowest BCUT2D eigenvalue weighted by molar-refractivity contribution is -0.155. The fourth-order valence-corrected chi connectivity index (χ4v) is 7.06. The van der Waals surface area contributed by atoms with E-state index < -0.39 is 12.1 Å². The van der Waals surface area contributed by atoms with Crippen molar-refractivity contribution in [2.75, 3.05) is 39.9 Å². The van der Waals surface area contributed by atoms with Gasteiger partial charge in [-0.2, -0.15) is 0 Å². The lowest BCUT2D eigenvalue weighted by Gasteiger charge is -2.37. The van der Waals surface area contributed by atoms with Crippen LogP contribution in [0.3, 0.4) is 0 Å². The third-order valence-corrected chi connectivity index (χ3v) is 9.52. The summed E-state index contributed by atoms with van der Waals surface area (Å²) in [5, 5.41) is 2.71. The summed E-state index contributed by atoms with van der Waals surface area (Å²) in [6, 6.07) is 9.58. The zero-order chi connectivity index (χ0) is 31.0. The fourth-order valence-electron chi connectivity index (χ4n) is 7.06. The molecule has 0 saturated carbocycles. The Morgan fingerprint density at radius 1 is 1.14 bits per heavy atom. The molecule has 10 heteroatoms. The van der Waals surface area contributed by atoms with Crippen molar-refractivity contribution in [3.05, 3.63) is 53.3 Å². The second-order valence-electron chi connectivity index (χ2n) is 13.6. The maximum Gasteiger partial charge on any atom is 0.324 e. The standard InChI is InChI=1S/C34H46N6O4/c1-21(43-4)30-24(9-5-13-36-30)31-26-17-34(2,3)20-44-33(42)29-10-7-15-40(38-29)32(41)27(35)19-39-14-6-8-23(18-39)22-11-12-28(37-31)25(26)16-22/h5,9,11-13,16,21,23,27,29,37-38H,6-8,10,14-15,17-20,35H2,1-4H3/t21-,23?,27-,29-/m0/s1. The zero-order valence-corrected chi connectivity index (χ0v) is 26.4. The smallest absolute Gasteiger partial charge is 0.324 e. The number of benzene rings is 1. The van der Waals surface area contributed by atoms with E-state index in [1.165, 1.54) is 21.5 Å². The molecule has 5 heterocycles. The van der Waals surface area contributed by atoms with Crippen LogP contribution in [0.25, 0.3) is 22.2 Å². The molecule has 5 atom stereocenters. The SMILES string of the molecule is CO[C@@H](C)c1ncccc1-c1[nH]c2ccc3cc2c1CC(C)(C)COC(=O)[C@@H]1CCCN(N1)C(=O)[C@@H](N)CN1CCCC3C1. The number of nitrogens with one attached hydrogen (secondary N) is 2. The number of carbonyl (C=O) groups excluding carboxylic acids is 2. The Morgan fingerprint density at radius 2 is 1.95 bits per heavy atom. The van der Waals surface area contributed by atoms with Crippen molar-refractivity contribution in [2.24, 2.45) is 11.1 Å². The van der Waals surface area contributed by atoms with Gasteiger partial charge in [0.1, 0.15) is 6.04 Å². The maximum absolute atomic E-state index is 13.3. The number of carbonyl (C=O) groups is 2. The molecule has 236 valence electrons. The lowest BCUT2D eigenvalue weighted by Crippen LogP contribution is -2.60. The summed E-state index contributed by atoms with van der Waals surface area (Å²) < 4.78 is 11.6. The molecule has 3 aliphatic heterocycles. The van der Waals surface area contributed by atoms with E-state index in [9.17, 15) is 9.59 Å². The molecular weight excluding hydrogens is 556 g/mol. The summed E-state index contributed by atoms with van der Waals surface area (Å²) in [5.41, 5.74) is 15.7. The number of aromatic nitrogens is 2. The number of hydrogen-bond acceptors (Lipinski definition) is 8. The van der Waals surface area contributed by atoms with E-state index in [4.69, 9.17) is 20.2 Å². The van der Waals surface area contributed by atoms with E-state index >= 15 is 0 Å². The highest BCUT2D eigenvalue weighted by atomic mass is 16.5. The van der Waals surface area contributed by atoms with E-state index in [1.807, 2.05) is 19.2 Å². The highest BCUT2D eigenvalue weighted by Crippen LogP contribution is 2.40. The van der Waals surface area contributed by atoms with E-state index in [2.05, 4.69) is 53.4 Å². The number of methoxy groups -OCH3 is 1. The molecule has 2 aromatic heterocycles. The van der Waals surface area contributed by atoms with E-state index in [0.29, 0.717) is 38.3 Å². The van der Waals surface area contributed by atoms with Gasteiger partial charge in [0.05, 0.1) is 30.1 Å². The molecule has 3 aliphatic rings. The van der Waals surface area contributed by atoms with Crippen LogP contribution in [-0.4, -0.2) is 83.7 Å². The van der Waals surface area contributed by atoms with Crippen LogP contribution in [0.1, 0.15) is 75.3 Å². The van der Waals surface area contributed by atoms with Crippen LogP contribution < -0.4 is 11.2 Å². The summed E-state index contributed by atoms with van der Waals surface area (Å²) in [6.07, 6.45) is 5.78. The monoisotopic (exact) mass is 602 g/mol. The maximum atomic E-state index is 13.3. The molecule has 0 radical (unpaired) electrons. The molecule has 2 saturated heterocycles. The van der Waals surface area contributed by atoms with Crippen LogP contribution in [0.4, 0.5) is 0 Å². The number of fused-ring (bicyclic) bond motifs is 6. The summed E-state index contributed by atoms with van der Waals surface area (Å²) in [6.45, 7) is 9.31. The van der Waals surface area contributed by atoms with Gasteiger partial charge in [0.25, 0.3) is 5.91 Å². The quantitative estimate of drug-likeness (QED) is 0.383. The Hall–Kier alpha value is -3.31. The number of amides is 1. The first-order chi connectivity index (χ1) is 21.1. The first-order valence-electron chi connectivity index (χ1n) is 16.0. The minimum absolute atomic E-state index is 0.172. The minimum atomic E-state index is -0.668. The largest absolute Gasteiger partial charge is 0.464 e. The van der Waals surface area contributed by atoms with Crippen molar-refractivity contribution < 1.29 is 19.1 Å². The molecule has 0 spiro atoms. The van der Waals surface area contributed by atoms with Crippen molar-refractivity contribution in [1.29, 1.82) is 0 Å². The van der Waals surface area contributed by atoms with Gasteiger partial charge in [0.15, 0.2) is 0 Å². The van der Waals surface area contributed by atoms with Crippen molar-refractivity contribution in [2.45, 2.75) is 77.0 Å². The first-order valence-corrected chi connectivity index (χ1v) is 16.0. The molecule has 6 bridgehead atoms. The molecule has 0 aliphatic carbocycles. The first kappa shape index (κ1) is 30.7. The van der Waals surface area contributed by atoms with E-state index in [1.54, 1.807) is 7.11 Å². The van der Waals surface area contributed by atoms with Gasteiger partial charge in [-0.15, -0.1) is 0 Å². The van der Waals surface area contributed by atoms with Crippen LogP contribution in [0.15, 0.2) is 36.5 Å². The van der Waals surface area contributed by atoms with Crippen LogP contribution in [0.2, 0.25) is 0 Å². The molecule has 10 nitrogen and oxygen atoms in total. The molecule has 1 amide bonds. The number of aromatic amines is 1. The van der Waals surface area contributed by atoms with Crippen molar-refractivity contribution >= 4 is 22.8 Å². The number of nitrogens with zero attached hydrogens (tertiary/aromatic N) is 3. The number of nitrogens with two attached hydrogens (primary N) is 1. The number of ether oxygens (including phenoxy) is 2. The molecule has 2 fully saturated rings. The average Bonchev–Trinajstić information content (AvgIpc) is 3.39. The van der Waals surface area contributed by atoms with Crippen molar-refractivity contribution in [3.63, 3.8) is 0 Å². The van der Waals surface area contributed by atoms with Crippen molar-refractivity contribution in [1.82, 2.24) is 25.3 Å². The number of H-pyrrole nitrogens is 1. The topological polar surface area (TPSA) is 126 Å². The number of pyridine rings is 1. The Labute approximate surface area is 259 Å². The summed E-state index contributed by atoms with van der Waals surface area (Å²) >= 11 is 0. The summed E-state index contributed by atoms with van der Waals surface area (Å²) in [5.74, 6) is -0.168. The average molecular weight is 603 g/mol. The van der Waals surface area contributed by atoms with Gasteiger partial charge in [0.2, 0.25) is 0 Å². The zero-order valence-electron chi connectivity index (χ0n) is 26.4. The molecule has 2 unspecified atom stereocenters. The number of rotatable bonds is 3. The van der Waals surface area contributed by atoms with Crippen LogP contribution >= 0.6 is 0 Å². The Kier molecular flexibility index (Phi) is 8.79. The molecule has 44 heavy (non-hydrogen) atoms. The third kappa shape index (κ3) is 6.26. The number of hydrogen-bond donors (Lipinski definition) is 3. The van der Waals surface area contributed by atoms with Gasteiger partial charge in [-0.05, 0) is 86.9 Å². The van der Waals surface area contributed by atoms with Gasteiger partial charge in [-0.1, -0.05) is 19.9 Å².